The van der Waals surface area contributed by atoms with Gasteiger partial charge in [-0.1, -0.05) is 231 Å². The quantitative estimate of drug-likeness (QED) is 0.0325. The van der Waals surface area contributed by atoms with Gasteiger partial charge in [-0.05, 0) is 32.1 Å². The molecule has 0 aliphatic rings. The first-order valence-electron chi connectivity index (χ1n) is 24.5. The summed E-state index contributed by atoms with van der Waals surface area (Å²) in [6.07, 6.45) is 50.5. The summed E-state index contributed by atoms with van der Waals surface area (Å²) in [6, 6.07) is -0.637. The van der Waals surface area contributed by atoms with Crippen molar-refractivity contribution >= 4 is 11.9 Å². The van der Waals surface area contributed by atoms with E-state index >= 15 is 0 Å². The van der Waals surface area contributed by atoms with Crippen LogP contribution in [0.15, 0.2) is 12.2 Å². The average Bonchev–Trinajstić information content (AvgIpc) is 3.18. The Hall–Kier alpha value is -1.40. The van der Waals surface area contributed by atoms with Crippen molar-refractivity contribution in [1.82, 2.24) is 5.32 Å². The summed E-state index contributed by atoms with van der Waals surface area (Å²) in [7, 11) is 0. The summed E-state index contributed by atoms with van der Waals surface area (Å²) in [5.41, 5.74) is 0. The molecule has 0 heterocycles. The molecule has 2 unspecified atom stereocenters. The molecule has 326 valence electrons. The van der Waals surface area contributed by atoms with Gasteiger partial charge in [-0.25, -0.2) is 0 Å². The average molecular weight is 778 g/mol. The molecular formula is C49H95NO5. The van der Waals surface area contributed by atoms with Crippen molar-refractivity contribution in [1.29, 1.82) is 0 Å². The van der Waals surface area contributed by atoms with Gasteiger partial charge >= 0.3 is 5.97 Å². The maximum absolute atomic E-state index is 12.4. The predicted molar refractivity (Wildman–Crippen MR) is 237 cm³/mol. The Morgan fingerprint density at radius 2 is 0.836 bits per heavy atom. The van der Waals surface area contributed by atoms with E-state index in [2.05, 4.69) is 19.2 Å². The van der Waals surface area contributed by atoms with Crippen LogP contribution in [0.25, 0.3) is 0 Å². The minimum atomic E-state index is -0.852. The van der Waals surface area contributed by atoms with Gasteiger partial charge in [-0.2, -0.15) is 0 Å². The first kappa shape index (κ1) is 53.6. The molecule has 0 aromatic carbocycles. The third-order valence-corrected chi connectivity index (χ3v) is 11.3. The minimum Gasteiger partial charge on any atom is -0.466 e. The number of hydrogen-bond acceptors (Lipinski definition) is 5. The number of rotatable bonds is 45. The van der Waals surface area contributed by atoms with Crippen molar-refractivity contribution in [2.75, 3.05) is 13.2 Å². The Balaban J connectivity index is 3.50. The molecule has 0 bridgehead atoms. The number of ether oxygens (including phenoxy) is 1. The number of hydrogen-bond donors (Lipinski definition) is 3. The van der Waals surface area contributed by atoms with Gasteiger partial charge in [0.15, 0.2) is 0 Å². The van der Waals surface area contributed by atoms with Crippen LogP contribution >= 0.6 is 0 Å². The molecule has 0 aromatic heterocycles. The molecule has 0 rings (SSSR count). The van der Waals surface area contributed by atoms with E-state index in [1.807, 2.05) is 6.08 Å². The summed E-state index contributed by atoms with van der Waals surface area (Å²) in [5, 5.41) is 23.0. The molecule has 55 heavy (non-hydrogen) atoms. The molecule has 0 fully saturated rings. The third kappa shape index (κ3) is 42.0. The summed E-state index contributed by atoms with van der Waals surface area (Å²) < 4.78 is 5.44. The number of unbranched alkanes of at least 4 members (excludes halogenated alkanes) is 34. The summed E-state index contributed by atoms with van der Waals surface area (Å²) >= 11 is 0. The molecule has 0 aromatic rings. The number of aliphatic hydroxyl groups is 2. The van der Waals surface area contributed by atoms with Crippen LogP contribution in [-0.2, 0) is 14.3 Å². The summed E-state index contributed by atoms with van der Waals surface area (Å²) in [4.78, 5) is 24.4. The fourth-order valence-corrected chi connectivity index (χ4v) is 7.51. The van der Waals surface area contributed by atoms with Crippen LogP contribution in [-0.4, -0.2) is 47.4 Å². The number of allylic oxidation sites excluding steroid dienone is 1. The highest BCUT2D eigenvalue weighted by Crippen LogP contribution is 2.16. The Labute approximate surface area is 342 Å². The standard InChI is InChI=1S/C49H95NO5/c1-3-5-7-9-11-13-15-17-18-21-25-29-33-37-41-47(52)46(45-51)50-48(53)42-38-34-30-26-22-19-20-24-28-32-36-40-44-55-49(54)43-39-35-31-27-23-16-14-12-10-8-6-4-2/h37,41,46-47,51-52H,3-36,38-40,42-45H2,1-2H3,(H,50,53)/b41-37+. The van der Waals surface area contributed by atoms with Gasteiger partial charge in [0, 0.05) is 12.8 Å². The summed E-state index contributed by atoms with van der Waals surface area (Å²) in [5.74, 6) is -0.0932. The van der Waals surface area contributed by atoms with Crippen LogP contribution in [0.3, 0.4) is 0 Å². The molecule has 0 aliphatic carbocycles. The van der Waals surface area contributed by atoms with E-state index in [0.717, 1.165) is 57.8 Å². The van der Waals surface area contributed by atoms with Crippen LogP contribution in [0.2, 0.25) is 0 Å². The number of carbonyl (C=O) groups is 2. The van der Waals surface area contributed by atoms with E-state index in [-0.39, 0.29) is 18.5 Å². The van der Waals surface area contributed by atoms with Gasteiger partial charge < -0.3 is 20.3 Å². The first-order chi connectivity index (χ1) is 27.0. The molecule has 1 amide bonds. The highest BCUT2D eigenvalue weighted by Gasteiger charge is 2.18. The van der Waals surface area contributed by atoms with Crippen molar-refractivity contribution < 1.29 is 24.5 Å². The van der Waals surface area contributed by atoms with Crippen molar-refractivity contribution in [2.24, 2.45) is 0 Å². The summed E-state index contributed by atoms with van der Waals surface area (Å²) in [6.45, 7) is 4.86. The number of aliphatic hydroxyl groups excluding tert-OH is 2. The molecular weight excluding hydrogens is 683 g/mol. The van der Waals surface area contributed by atoms with Gasteiger partial charge in [0.25, 0.3) is 0 Å². The molecule has 0 aliphatic heterocycles. The third-order valence-electron chi connectivity index (χ3n) is 11.3. The normalized spacial score (nSPS) is 12.7. The Bertz CT molecular complexity index is 817. The van der Waals surface area contributed by atoms with Crippen molar-refractivity contribution in [3.05, 3.63) is 12.2 Å². The zero-order valence-corrected chi connectivity index (χ0v) is 36.9. The smallest absolute Gasteiger partial charge is 0.305 e. The minimum absolute atomic E-state index is 0.0103. The lowest BCUT2D eigenvalue weighted by Crippen LogP contribution is -2.45. The Kier molecular flexibility index (Phi) is 44.2. The molecule has 0 saturated heterocycles. The van der Waals surface area contributed by atoms with E-state index in [1.165, 1.54) is 180 Å². The van der Waals surface area contributed by atoms with Crippen molar-refractivity contribution in [2.45, 2.75) is 276 Å². The molecule has 0 spiro atoms. The molecule has 0 saturated carbocycles. The number of carbonyl (C=O) groups excluding carboxylic acids is 2. The van der Waals surface area contributed by atoms with Crippen LogP contribution in [0.5, 0.6) is 0 Å². The maximum Gasteiger partial charge on any atom is 0.305 e. The largest absolute Gasteiger partial charge is 0.466 e. The van der Waals surface area contributed by atoms with E-state index in [4.69, 9.17) is 4.74 Å². The van der Waals surface area contributed by atoms with Gasteiger partial charge in [0.05, 0.1) is 25.4 Å². The Morgan fingerprint density at radius 1 is 0.491 bits per heavy atom. The highest BCUT2D eigenvalue weighted by molar-refractivity contribution is 5.76. The van der Waals surface area contributed by atoms with Crippen LogP contribution in [0.1, 0.15) is 264 Å². The van der Waals surface area contributed by atoms with E-state index in [9.17, 15) is 19.8 Å². The monoisotopic (exact) mass is 778 g/mol. The number of amides is 1. The van der Waals surface area contributed by atoms with Crippen LogP contribution in [0.4, 0.5) is 0 Å². The fourth-order valence-electron chi connectivity index (χ4n) is 7.51. The predicted octanol–water partition coefficient (Wildman–Crippen LogP) is 14.2. The number of esters is 1. The second kappa shape index (κ2) is 45.3. The SMILES string of the molecule is CCCCCCCCCCCCCC/C=C/C(O)C(CO)NC(=O)CCCCCCCCCCCCCCOC(=O)CCCCCCCCCCCCCC. The molecule has 0 radical (unpaired) electrons. The molecule has 2 atom stereocenters. The lowest BCUT2D eigenvalue weighted by molar-refractivity contribution is -0.143. The van der Waals surface area contributed by atoms with E-state index in [0.29, 0.717) is 19.4 Å². The molecule has 6 heteroatoms. The topological polar surface area (TPSA) is 95.9 Å². The zero-order valence-electron chi connectivity index (χ0n) is 36.9. The van der Waals surface area contributed by atoms with E-state index < -0.39 is 12.1 Å². The highest BCUT2D eigenvalue weighted by atomic mass is 16.5. The lowest BCUT2D eigenvalue weighted by Gasteiger charge is -2.20. The first-order valence-corrected chi connectivity index (χ1v) is 24.5. The second-order valence-electron chi connectivity index (χ2n) is 16.8. The lowest BCUT2D eigenvalue weighted by atomic mass is 10.0. The zero-order chi connectivity index (χ0) is 40.1. The van der Waals surface area contributed by atoms with Gasteiger partial charge in [0.1, 0.15) is 0 Å². The molecule has 3 N–H and O–H groups in total. The molecule has 6 nitrogen and oxygen atoms in total. The van der Waals surface area contributed by atoms with Gasteiger partial charge in [-0.15, -0.1) is 0 Å². The van der Waals surface area contributed by atoms with E-state index in [1.54, 1.807) is 6.08 Å². The van der Waals surface area contributed by atoms with Gasteiger partial charge in [-0.3, -0.25) is 9.59 Å². The van der Waals surface area contributed by atoms with Crippen molar-refractivity contribution in [3.63, 3.8) is 0 Å². The second-order valence-corrected chi connectivity index (χ2v) is 16.8. The maximum atomic E-state index is 12.4. The van der Waals surface area contributed by atoms with Crippen LogP contribution in [0, 0.1) is 0 Å². The van der Waals surface area contributed by atoms with Crippen LogP contribution < -0.4 is 5.32 Å². The van der Waals surface area contributed by atoms with Crippen molar-refractivity contribution in [3.8, 4) is 0 Å². The fraction of sp³-hybridized carbons (Fsp3) is 0.918. The van der Waals surface area contributed by atoms with Gasteiger partial charge in [0.2, 0.25) is 5.91 Å². The Morgan fingerprint density at radius 3 is 1.24 bits per heavy atom. The number of nitrogens with one attached hydrogen (secondary N) is 1.